The van der Waals surface area contributed by atoms with Gasteiger partial charge in [-0.2, -0.15) is 0 Å². The first kappa shape index (κ1) is 94.4. The van der Waals surface area contributed by atoms with Crippen molar-refractivity contribution in [1.82, 2.24) is 0 Å². The highest BCUT2D eigenvalue weighted by Crippen LogP contribution is 2.45. The normalized spacial score (nSPS) is 14.9. The van der Waals surface area contributed by atoms with Crippen molar-refractivity contribution in [3.8, 4) is 0 Å². The lowest BCUT2D eigenvalue weighted by Gasteiger charge is -2.21. The first-order chi connectivity index (χ1) is 48.7. The molecular formula is C81H130O17P2. The molecule has 0 aliphatic carbocycles. The molecule has 3 N–H and O–H groups in total. The lowest BCUT2D eigenvalue weighted by molar-refractivity contribution is -0.161. The fraction of sp³-hybridized carbons (Fsp3) is 0.605. The quantitative estimate of drug-likeness (QED) is 0.0169. The molecular weight excluding hydrogens is 1310 g/mol. The molecule has 0 aliphatic rings. The van der Waals surface area contributed by atoms with Crippen molar-refractivity contribution in [2.45, 2.75) is 277 Å². The second-order valence-corrected chi connectivity index (χ2v) is 27.1. The van der Waals surface area contributed by atoms with Crippen LogP contribution in [0.15, 0.2) is 170 Å². The second-order valence-electron chi connectivity index (χ2n) is 24.1. The number of phosphoric ester groups is 2. The van der Waals surface area contributed by atoms with Gasteiger partial charge in [0.25, 0.3) is 0 Å². The zero-order valence-corrected chi connectivity index (χ0v) is 63.3. The molecule has 19 heteroatoms. The predicted octanol–water partition coefficient (Wildman–Crippen LogP) is 21.4. The van der Waals surface area contributed by atoms with Gasteiger partial charge in [0.2, 0.25) is 0 Å². The molecule has 4 unspecified atom stereocenters. The summed E-state index contributed by atoms with van der Waals surface area (Å²) in [6, 6.07) is 0. The Morgan fingerprint density at radius 1 is 0.300 bits per heavy atom. The summed E-state index contributed by atoms with van der Waals surface area (Å²) in [5.41, 5.74) is 0. The number of carbonyl (C=O) groups excluding carboxylic acids is 4. The standard InChI is InChI=1S/C81H130O17P2/c1-5-9-13-17-21-25-29-33-37-41-45-49-53-57-61-65-78(83)91-71-76(97-80(85)67-63-59-55-51-47-43-39-35-31-27-23-19-15-11-7-3)73-95-99(87,88)93-69-75(82)70-94-100(89,90)96-74-77(98-81(86)68-64-60-56-52-48-44-40-36-32-28-24-20-16-12-8-4)72-92-79(84)66-62-58-54-50-46-42-38-34-30-26-22-18-14-10-6-2/h9-10,13-14,21-28,33-40,45-46,49-50,57-58,61-62,75-77,82H,5-8,11-12,15-20,29-32,41-44,47-48,51-56,59-60,63-74H2,1-4H3,(H,87,88)(H,89,90)/b13-9-,14-10-,25-21-,26-22-,27-23-,28-24-,37-33-,38-34-,39-35-,40-36-,49-45-,50-46-,61-57-,62-58-. The lowest BCUT2D eigenvalue weighted by Crippen LogP contribution is -2.30. The maximum absolute atomic E-state index is 13.1. The third kappa shape index (κ3) is 70.8. The van der Waals surface area contributed by atoms with Gasteiger partial charge in [-0.15, -0.1) is 0 Å². The van der Waals surface area contributed by atoms with E-state index in [0.29, 0.717) is 25.7 Å². The molecule has 0 aromatic heterocycles. The van der Waals surface area contributed by atoms with Crippen LogP contribution in [-0.2, 0) is 65.4 Å². The molecule has 0 radical (unpaired) electrons. The van der Waals surface area contributed by atoms with Crippen molar-refractivity contribution in [3.63, 3.8) is 0 Å². The van der Waals surface area contributed by atoms with Gasteiger partial charge in [0.05, 0.1) is 39.3 Å². The average Bonchev–Trinajstić information content (AvgIpc) is 1.01. The maximum atomic E-state index is 13.1. The van der Waals surface area contributed by atoms with Crippen molar-refractivity contribution < 1.29 is 80.2 Å². The Kier molecular flexibility index (Phi) is 67.8. The summed E-state index contributed by atoms with van der Waals surface area (Å²) in [6.07, 6.45) is 84.1. The molecule has 100 heavy (non-hydrogen) atoms. The predicted molar refractivity (Wildman–Crippen MR) is 408 cm³/mol. The molecule has 0 bridgehead atoms. The van der Waals surface area contributed by atoms with E-state index in [1.54, 1.807) is 12.2 Å². The van der Waals surface area contributed by atoms with Gasteiger partial charge in [0.15, 0.2) is 12.2 Å². The Balaban J connectivity index is 5.53. The van der Waals surface area contributed by atoms with Crippen LogP contribution in [0.5, 0.6) is 0 Å². The maximum Gasteiger partial charge on any atom is 0.472 e. The van der Waals surface area contributed by atoms with E-state index >= 15 is 0 Å². The van der Waals surface area contributed by atoms with Crippen LogP contribution in [0.3, 0.4) is 0 Å². The van der Waals surface area contributed by atoms with Gasteiger partial charge in [0, 0.05) is 12.8 Å². The zero-order chi connectivity index (χ0) is 73.2. The van der Waals surface area contributed by atoms with Gasteiger partial charge in [0.1, 0.15) is 19.3 Å². The number of carbonyl (C=O) groups is 4. The highest BCUT2D eigenvalue weighted by atomic mass is 31.2. The number of hydrogen-bond donors (Lipinski definition) is 3. The Bertz CT molecular complexity index is 2400. The van der Waals surface area contributed by atoms with Gasteiger partial charge >= 0.3 is 39.5 Å². The summed E-state index contributed by atoms with van der Waals surface area (Å²) in [4.78, 5) is 72.7. The topological polar surface area (TPSA) is 237 Å². The molecule has 0 saturated heterocycles. The van der Waals surface area contributed by atoms with Gasteiger partial charge < -0.3 is 33.8 Å². The fourth-order valence-electron chi connectivity index (χ4n) is 9.07. The van der Waals surface area contributed by atoms with Gasteiger partial charge in [-0.25, -0.2) is 9.13 Å². The number of aliphatic hydroxyl groups excluding tert-OH is 1. The molecule has 0 heterocycles. The highest BCUT2D eigenvalue weighted by molar-refractivity contribution is 7.47. The van der Waals surface area contributed by atoms with Gasteiger partial charge in [-0.1, -0.05) is 262 Å². The van der Waals surface area contributed by atoms with Gasteiger partial charge in [-0.3, -0.25) is 37.3 Å². The molecule has 0 spiro atoms. The Hall–Kier alpha value is -5.58. The molecule has 0 aromatic rings. The first-order valence-corrected chi connectivity index (χ1v) is 40.4. The number of rotatable bonds is 68. The van der Waals surface area contributed by atoms with E-state index in [2.05, 4.69) is 149 Å². The summed E-state index contributed by atoms with van der Waals surface area (Å²) >= 11 is 0. The van der Waals surface area contributed by atoms with Crippen LogP contribution >= 0.6 is 15.6 Å². The summed E-state index contributed by atoms with van der Waals surface area (Å²) in [5, 5.41) is 10.6. The minimum Gasteiger partial charge on any atom is -0.461 e. The summed E-state index contributed by atoms with van der Waals surface area (Å²) in [6.45, 7) is 4.29. The smallest absolute Gasteiger partial charge is 0.461 e. The van der Waals surface area contributed by atoms with E-state index < -0.39 is 97.5 Å². The number of hydrogen-bond acceptors (Lipinski definition) is 15. The molecule has 4 atom stereocenters. The third-order valence-corrected chi connectivity index (χ3v) is 16.6. The van der Waals surface area contributed by atoms with Crippen molar-refractivity contribution in [2.75, 3.05) is 39.6 Å². The molecule has 0 fully saturated rings. The van der Waals surface area contributed by atoms with Crippen LogP contribution in [0.2, 0.25) is 0 Å². The molecule has 17 nitrogen and oxygen atoms in total. The molecule has 0 aliphatic heterocycles. The lowest BCUT2D eigenvalue weighted by atomic mass is 10.1. The number of aliphatic hydroxyl groups is 1. The third-order valence-electron chi connectivity index (χ3n) is 14.7. The van der Waals surface area contributed by atoms with Crippen LogP contribution in [0.25, 0.3) is 0 Å². The van der Waals surface area contributed by atoms with Crippen LogP contribution < -0.4 is 0 Å². The number of phosphoric acid groups is 2. The minimum absolute atomic E-state index is 0.0511. The van der Waals surface area contributed by atoms with E-state index in [1.807, 2.05) is 36.5 Å². The van der Waals surface area contributed by atoms with E-state index in [0.717, 1.165) is 141 Å². The van der Waals surface area contributed by atoms with E-state index in [-0.39, 0.29) is 25.7 Å². The minimum atomic E-state index is -5.01. The highest BCUT2D eigenvalue weighted by Gasteiger charge is 2.30. The second kappa shape index (κ2) is 71.8. The SMILES string of the molecule is CC/C=C\C/C=C\C/C=C\C/C=C\C/C=C\CC(=O)OCC(COP(=O)(O)OCC(O)COP(=O)(O)OCC(COC(=O)C/C=C\C/C=C\C/C=C\C/C=C\C/C=C\CC)OC(=O)CCCCCCC/C=C\C/C=C\CCCCC)OC(=O)CCCCCCC/C=C\C/C=C\CCCCC. The molecule has 0 aromatic carbocycles. The Morgan fingerprint density at radius 2 is 0.550 bits per heavy atom. The van der Waals surface area contributed by atoms with Crippen molar-refractivity contribution in [1.29, 1.82) is 0 Å². The molecule has 566 valence electrons. The van der Waals surface area contributed by atoms with Crippen LogP contribution in [0.1, 0.15) is 259 Å². The van der Waals surface area contributed by atoms with Crippen LogP contribution in [0, 0.1) is 0 Å². The fourth-order valence-corrected chi connectivity index (χ4v) is 10.7. The number of ether oxygens (including phenoxy) is 4. The Labute approximate surface area is 603 Å². The number of allylic oxidation sites excluding steroid dienone is 26. The van der Waals surface area contributed by atoms with Crippen molar-refractivity contribution in [3.05, 3.63) is 170 Å². The molecule has 0 saturated carbocycles. The van der Waals surface area contributed by atoms with Crippen LogP contribution in [-0.4, -0.2) is 96.7 Å². The zero-order valence-electron chi connectivity index (χ0n) is 61.5. The Morgan fingerprint density at radius 3 is 0.850 bits per heavy atom. The van der Waals surface area contributed by atoms with E-state index in [4.69, 9.17) is 37.0 Å². The number of unbranched alkanes of at least 4 members (excludes halogenated alkanes) is 16. The average molecular weight is 1440 g/mol. The summed E-state index contributed by atoms with van der Waals surface area (Å²) < 4.78 is 68.1. The van der Waals surface area contributed by atoms with Gasteiger partial charge in [-0.05, 0) is 141 Å². The van der Waals surface area contributed by atoms with E-state index in [9.17, 15) is 43.2 Å². The van der Waals surface area contributed by atoms with Crippen LogP contribution in [0.4, 0.5) is 0 Å². The number of esters is 4. The van der Waals surface area contributed by atoms with Crippen molar-refractivity contribution >= 4 is 39.5 Å². The summed E-state index contributed by atoms with van der Waals surface area (Å²) in [5.74, 6) is -2.52. The van der Waals surface area contributed by atoms with E-state index in [1.165, 1.54) is 38.5 Å². The first-order valence-electron chi connectivity index (χ1n) is 37.4. The largest absolute Gasteiger partial charge is 0.472 e. The summed E-state index contributed by atoms with van der Waals surface area (Å²) in [7, 11) is -10.0. The molecule has 0 rings (SSSR count). The molecule has 0 amide bonds. The monoisotopic (exact) mass is 1440 g/mol. The van der Waals surface area contributed by atoms with Crippen molar-refractivity contribution in [2.24, 2.45) is 0 Å².